The zero-order valence-corrected chi connectivity index (χ0v) is 12.5. The highest BCUT2D eigenvalue weighted by atomic mass is 35.5. The van der Waals surface area contributed by atoms with Gasteiger partial charge in [-0.05, 0) is 31.9 Å². The quantitative estimate of drug-likeness (QED) is 0.558. The molecule has 0 N–H and O–H groups in total. The predicted octanol–water partition coefficient (Wildman–Crippen LogP) is 4.56. The Hall–Kier alpha value is -1.28. The molecule has 0 unspecified atom stereocenters. The average molecular weight is 277 g/mol. The van der Waals surface area contributed by atoms with E-state index in [4.69, 9.17) is 16.6 Å². The molecular formula is C16H21ClN2. The van der Waals surface area contributed by atoms with Crippen LogP contribution >= 0.6 is 11.6 Å². The second-order valence-electron chi connectivity index (χ2n) is 4.87. The first-order chi connectivity index (χ1) is 9.26. The van der Waals surface area contributed by atoms with E-state index < -0.39 is 0 Å². The zero-order chi connectivity index (χ0) is 13.7. The number of hydrogen-bond donors (Lipinski definition) is 0. The molecule has 0 fully saturated rings. The number of aromatic nitrogens is 2. The van der Waals surface area contributed by atoms with Gasteiger partial charge < -0.3 is 4.57 Å². The number of halogens is 1. The van der Waals surface area contributed by atoms with E-state index >= 15 is 0 Å². The summed E-state index contributed by atoms with van der Waals surface area (Å²) in [5.74, 6) is 1.84. The van der Waals surface area contributed by atoms with Gasteiger partial charge in [-0.25, -0.2) is 4.98 Å². The highest BCUT2D eigenvalue weighted by molar-refractivity contribution is 6.17. The van der Waals surface area contributed by atoms with E-state index in [1.54, 1.807) is 0 Å². The molecule has 0 aliphatic carbocycles. The molecule has 0 amide bonds. The Morgan fingerprint density at radius 3 is 2.89 bits per heavy atom. The van der Waals surface area contributed by atoms with Crippen LogP contribution in [0.2, 0.25) is 0 Å². The number of hydrogen-bond acceptors (Lipinski definition) is 1. The molecular weight excluding hydrogens is 256 g/mol. The number of rotatable bonds is 6. The number of alkyl halides is 1. The number of aryl methyl sites for hydroxylation is 1. The molecule has 0 saturated carbocycles. The molecule has 1 aromatic heterocycles. The third-order valence-corrected chi connectivity index (χ3v) is 3.44. The molecule has 19 heavy (non-hydrogen) atoms. The highest BCUT2D eigenvalue weighted by Gasteiger charge is 2.09. The van der Waals surface area contributed by atoms with Gasteiger partial charge in [-0.3, -0.25) is 0 Å². The largest absolute Gasteiger partial charge is 0.328 e. The molecule has 2 rings (SSSR count). The summed E-state index contributed by atoms with van der Waals surface area (Å²) >= 11 is 5.73. The minimum absolute atomic E-state index is 0.683. The molecule has 0 saturated heterocycles. The monoisotopic (exact) mass is 276 g/mol. The van der Waals surface area contributed by atoms with Crippen molar-refractivity contribution in [2.75, 3.05) is 5.88 Å². The Morgan fingerprint density at radius 2 is 2.16 bits per heavy atom. The standard InChI is InChI=1S/C16H21ClN2/c1-3-11-19-15-9-5-4-8-14(15)18-16(19)12-13(2)7-6-10-17/h4-5,7-9H,3,6,10-12H2,1-2H3. The number of fused-ring (bicyclic) bond motifs is 1. The second-order valence-corrected chi connectivity index (χ2v) is 5.25. The highest BCUT2D eigenvalue weighted by Crippen LogP contribution is 2.19. The molecule has 3 heteroatoms. The molecule has 0 aliphatic rings. The maximum Gasteiger partial charge on any atom is 0.113 e. The summed E-state index contributed by atoms with van der Waals surface area (Å²) in [4.78, 5) is 4.77. The molecule has 0 bridgehead atoms. The van der Waals surface area contributed by atoms with Crippen molar-refractivity contribution in [3.8, 4) is 0 Å². The first kappa shape index (κ1) is 14.1. The van der Waals surface area contributed by atoms with Crippen molar-refractivity contribution in [3.05, 3.63) is 41.7 Å². The van der Waals surface area contributed by atoms with Crippen molar-refractivity contribution in [1.29, 1.82) is 0 Å². The SMILES string of the molecule is CCCn1c(CC(C)=CCCCl)nc2ccccc21. The molecule has 0 spiro atoms. The second kappa shape index (κ2) is 6.76. The van der Waals surface area contributed by atoms with Gasteiger partial charge in [0.2, 0.25) is 0 Å². The van der Waals surface area contributed by atoms with Gasteiger partial charge in [-0.15, -0.1) is 11.6 Å². The molecule has 2 nitrogen and oxygen atoms in total. The van der Waals surface area contributed by atoms with Crippen molar-refractivity contribution in [2.24, 2.45) is 0 Å². The smallest absolute Gasteiger partial charge is 0.113 e. The Balaban J connectivity index is 2.33. The van der Waals surface area contributed by atoms with E-state index in [1.807, 2.05) is 6.07 Å². The van der Waals surface area contributed by atoms with Crippen LogP contribution in [-0.4, -0.2) is 15.4 Å². The van der Waals surface area contributed by atoms with Crippen LogP contribution in [0.5, 0.6) is 0 Å². The van der Waals surface area contributed by atoms with Crippen molar-refractivity contribution < 1.29 is 0 Å². The van der Waals surface area contributed by atoms with E-state index in [2.05, 4.69) is 42.7 Å². The van der Waals surface area contributed by atoms with E-state index in [0.717, 1.165) is 37.1 Å². The van der Waals surface area contributed by atoms with Gasteiger partial charge in [0.25, 0.3) is 0 Å². The summed E-state index contributed by atoms with van der Waals surface area (Å²) in [6.45, 7) is 5.38. The van der Waals surface area contributed by atoms with Crippen molar-refractivity contribution in [3.63, 3.8) is 0 Å². The number of allylic oxidation sites excluding steroid dienone is 2. The Morgan fingerprint density at radius 1 is 1.37 bits per heavy atom. The normalized spacial score (nSPS) is 12.3. The van der Waals surface area contributed by atoms with Gasteiger partial charge in [0.05, 0.1) is 11.0 Å². The molecule has 102 valence electrons. The first-order valence-electron chi connectivity index (χ1n) is 6.92. The van der Waals surface area contributed by atoms with Gasteiger partial charge in [0.15, 0.2) is 0 Å². The van der Waals surface area contributed by atoms with Crippen molar-refractivity contribution in [1.82, 2.24) is 9.55 Å². The van der Waals surface area contributed by atoms with Crippen LogP contribution in [0.25, 0.3) is 11.0 Å². The molecule has 0 radical (unpaired) electrons. The van der Waals surface area contributed by atoms with Crippen LogP contribution in [0.15, 0.2) is 35.9 Å². The third-order valence-electron chi connectivity index (χ3n) is 3.22. The lowest BCUT2D eigenvalue weighted by atomic mass is 10.2. The summed E-state index contributed by atoms with van der Waals surface area (Å²) in [6.07, 6.45) is 5.17. The van der Waals surface area contributed by atoms with Crippen LogP contribution in [0.4, 0.5) is 0 Å². The van der Waals surface area contributed by atoms with Crippen molar-refractivity contribution in [2.45, 2.75) is 39.7 Å². The summed E-state index contributed by atoms with van der Waals surface area (Å²) in [6, 6.07) is 8.36. The van der Waals surface area contributed by atoms with E-state index in [-0.39, 0.29) is 0 Å². The number of imidazole rings is 1. The van der Waals surface area contributed by atoms with Crippen LogP contribution < -0.4 is 0 Å². The topological polar surface area (TPSA) is 17.8 Å². The van der Waals surface area contributed by atoms with Crippen molar-refractivity contribution >= 4 is 22.6 Å². The summed E-state index contributed by atoms with van der Waals surface area (Å²) in [5.41, 5.74) is 3.67. The number of benzene rings is 1. The van der Waals surface area contributed by atoms with Gasteiger partial charge in [0.1, 0.15) is 5.82 Å². The summed E-state index contributed by atoms with van der Waals surface area (Å²) in [5, 5.41) is 0. The molecule has 1 heterocycles. The van der Waals surface area contributed by atoms with Gasteiger partial charge >= 0.3 is 0 Å². The fraction of sp³-hybridized carbons (Fsp3) is 0.438. The molecule has 0 atom stereocenters. The lowest BCUT2D eigenvalue weighted by Gasteiger charge is -2.08. The van der Waals surface area contributed by atoms with E-state index in [1.165, 1.54) is 11.1 Å². The van der Waals surface area contributed by atoms with Gasteiger partial charge in [-0.1, -0.05) is 30.7 Å². The van der Waals surface area contributed by atoms with Crippen LogP contribution in [0.3, 0.4) is 0 Å². The number of para-hydroxylation sites is 2. The minimum Gasteiger partial charge on any atom is -0.328 e. The average Bonchev–Trinajstić information content (AvgIpc) is 2.75. The van der Waals surface area contributed by atoms with Gasteiger partial charge in [0, 0.05) is 18.8 Å². The Labute approximate surface area is 120 Å². The minimum atomic E-state index is 0.683. The fourth-order valence-corrected chi connectivity index (χ4v) is 2.47. The molecule has 1 aromatic carbocycles. The lowest BCUT2D eigenvalue weighted by molar-refractivity contribution is 0.662. The molecule has 0 aliphatic heterocycles. The molecule has 2 aromatic rings. The Kier molecular flexibility index (Phi) is 5.03. The van der Waals surface area contributed by atoms with Crippen LogP contribution in [0, 0.1) is 0 Å². The maximum absolute atomic E-state index is 5.73. The van der Waals surface area contributed by atoms with Crippen LogP contribution in [-0.2, 0) is 13.0 Å². The summed E-state index contributed by atoms with van der Waals surface area (Å²) < 4.78 is 2.34. The Bertz CT molecular complexity index is 569. The van der Waals surface area contributed by atoms with E-state index in [0.29, 0.717) is 5.88 Å². The maximum atomic E-state index is 5.73. The number of nitrogens with zero attached hydrogens (tertiary/aromatic N) is 2. The summed E-state index contributed by atoms with van der Waals surface area (Å²) in [7, 11) is 0. The predicted molar refractivity (Wildman–Crippen MR) is 82.8 cm³/mol. The third kappa shape index (κ3) is 3.38. The lowest BCUT2D eigenvalue weighted by Crippen LogP contribution is -2.04. The zero-order valence-electron chi connectivity index (χ0n) is 11.7. The van der Waals surface area contributed by atoms with Gasteiger partial charge in [-0.2, -0.15) is 0 Å². The van der Waals surface area contributed by atoms with E-state index in [9.17, 15) is 0 Å². The van der Waals surface area contributed by atoms with Crippen LogP contribution in [0.1, 0.15) is 32.5 Å². The fourth-order valence-electron chi connectivity index (χ4n) is 2.36. The first-order valence-corrected chi connectivity index (χ1v) is 7.45.